The van der Waals surface area contributed by atoms with E-state index >= 15 is 0 Å². The second-order valence-electron chi connectivity index (χ2n) is 5.18. The third kappa shape index (κ3) is 2.13. The summed E-state index contributed by atoms with van der Waals surface area (Å²) in [5.74, 6) is 0.696. The highest BCUT2D eigenvalue weighted by atomic mass is 14.9. The Hall–Kier alpha value is -1.41. The molecule has 2 atom stereocenters. The second-order valence-corrected chi connectivity index (χ2v) is 5.18. The maximum absolute atomic E-state index is 4.45. The van der Waals surface area contributed by atoms with Gasteiger partial charge >= 0.3 is 0 Å². The van der Waals surface area contributed by atoms with Crippen LogP contribution in [0.3, 0.4) is 0 Å². The summed E-state index contributed by atoms with van der Waals surface area (Å²) in [5, 5.41) is 4.91. The monoisotopic (exact) mass is 240 g/mol. The van der Waals surface area contributed by atoms with Gasteiger partial charge in [0.15, 0.2) is 0 Å². The van der Waals surface area contributed by atoms with Crippen LogP contribution in [0.2, 0.25) is 0 Å². The number of benzene rings is 1. The molecule has 0 amide bonds. The summed E-state index contributed by atoms with van der Waals surface area (Å²) >= 11 is 0. The molecule has 1 heterocycles. The van der Waals surface area contributed by atoms with Gasteiger partial charge in [-0.2, -0.15) is 0 Å². The Morgan fingerprint density at radius 3 is 3.06 bits per heavy atom. The predicted octanol–water partition coefficient (Wildman–Crippen LogP) is 3.48. The molecule has 1 fully saturated rings. The lowest BCUT2D eigenvalue weighted by Gasteiger charge is -2.14. The van der Waals surface area contributed by atoms with Crippen LogP contribution >= 0.6 is 0 Å². The first kappa shape index (κ1) is 11.7. The van der Waals surface area contributed by atoms with Gasteiger partial charge in [0.1, 0.15) is 0 Å². The maximum Gasteiger partial charge on any atom is 0.0704 e. The van der Waals surface area contributed by atoms with Crippen LogP contribution < -0.4 is 5.32 Å². The Kier molecular flexibility index (Phi) is 3.28. The van der Waals surface area contributed by atoms with Gasteiger partial charge in [0, 0.05) is 17.6 Å². The fraction of sp³-hybridized carbons (Fsp3) is 0.438. The molecule has 1 aromatic carbocycles. The number of hydrogen-bond donors (Lipinski definition) is 1. The molecule has 2 aromatic rings. The molecule has 18 heavy (non-hydrogen) atoms. The van der Waals surface area contributed by atoms with Crippen molar-refractivity contribution in [1.29, 1.82) is 0 Å². The number of rotatable bonds is 3. The van der Waals surface area contributed by atoms with Gasteiger partial charge in [-0.05, 0) is 49.4 Å². The molecule has 1 N–H and O–H groups in total. The van der Waals surface area contributed by atoms with Crippen LogP contribution in [-0.4, -0.2) is 17.6 Å². The molecule has 0 spiro atoms. The summed E-state index contributed by atoms with van der Waals surface area (Å²) in [5.41, 5.74) is 2.61. The zero-order chi connectivity index (χ0) is 12.4. The van der Waals surface area contributed by atoms with Gasteiger partial charge in [-0.3, -0.25) is 4.98 Å². The zero-order valence-corrected chi connectivity index (χ0v) is 10.9. The Balaban J connectivity index is 1.91. The van der Waals surface area contributed by atoms with Gasteiger partial charge < -0.3 is 5.32 Å². The number of fused-ring (bicyclic) bond motifs is 1. The van der Waals surface area contributed by atoms with E-state index in [2.05, 4.69) is 41.5 Å². The van der Waals surface area contributed by atoms with Crippen molar-refractivity contribution in [1.82, 2.24) is 10.3 Å². The Morgan fingerprint density at radius 2 is 2.17 bits per heavy atom. The van der Waals surface area contributed by atoms with Crippen molar-refractivity contribution in [3.8, 4) is 0 Å². The summed E-state index contributed by atoms with van der Waals surface area (Å²) < 4.78 is 0. The lowest BCUT2D eigenvalue weighted by Crippen LogP contribution is -2.25. The minimum absolute atomic E-state index is 0.696. The van der Waals surface area contributed by atoms with E-state index in [0.29, 0.717) is 12.0 Å². The second kappa shape index (κ2) is 5.07. The summed E-state index contributed by atoms with van der Waals surface area (Å²) in [7, 11) is 0. The normalized spacial score (nSPS) is 23.6. The lowest BCUT2D eigenvalue weighted by atomic mass is 9.93. The highest BCUT2D eigenvalue weighted by molar-refractivity contribution is 5.82. The Labute approximate surface area is 108 Å². The van der Waals surface area contributed by atoms with E-state index in [0.717, 1.165) is 12.1 Å². The van der Waals surface area contributed by atoms with Crippen molar-refractivity contribution in [3.63, 3.8) is 0 Å². The minimum atomic E-state index is 0.696. The summed E-state index contributed by atoms with van der Waals surface area (Å²) in [6, 6.07) is 11.5. The molecule has 94 valence electrons. The molecular formula is C16H20N2. The smallest absolute Gasteiger partial charge is 0.0704 e. The maximum atomic E-state index is 4.45. The number of pyridine rings is 1. The Morgan fingerprint density at radius 1 is 1.22 bits per heavy atom. The van der Waals surface area contributed by atoms with E-state index in [1.807, 2.05) is 12.3 Å². The van der Waals surface area contributed by atoms with E-state index in [9.17, 15) is 0 Å². The van der Waals surface area contributed by atoms with Crippen molar-refractivity contribution in [2.24, 2.45) is 0 Å². The van der Waals surface area contributed by atoms with Crippen LogP contribution in [0.5, 0.6) is 0 Å². The number of hydrogen-bond acceptors (Lipinski definition) is 2. The molecule has 3 rings (SSSR count). The minimum Gasteiger partial charge on any atom is -0.314 e. The lowest BCUT2D eigenvalue weighted by molar-refractivity contribution is 0.535. The molecule has 0 radical (unpaired) electrons. The van der Waals surface area contributed by atoms with Crippen LogP contribution in [0, 0.1) is 0 Å². The molecule has 1 saturated carbocycles. The van der Waals surface area contributed by atoms with Gasteiger partial charge in [-0.1, -0.05) is 25.1 Å². The van der Waals surface area contributed by atoms with Crippen molar-refractivity contribution in [2.45, 2.75) is 38.1 Å². The van der Waals surface area contributed by atoms with Crippen molar-refractivity contribution in [2.75, 3.05) is 6.54 Å². The van der Waals surface area contributed by atoms with Gasteiger partial charge in [-0.25, -0.2) is 0 Å². The van der Waals surface area contributed by atoms with Crippen molar-refractivity contribution >= 4 is 10.9 Å². The number of nitrogens with zero attached hydrogens (tertiary/aromatic N) is 1. The van der Waals surface area contributed by atoms with Crippen molar-refractivity contribution < 1.29 is 0 Å². The molecule has 0 saturated heterocycles. The van der Waals surface area contributed by atoms with E-state index in [1.165, 1.54) is 30.2 Å². The van der Waals surface area contributed by atoms with Crippen LogP contribution in [0.4, 0.5) is 0 Å². The topological polar surface area (TPSA) is 24.9 Å². The predicted molar refractivity (Wildman–Crippen MR) is 75.8 cm³/mol. The van der Waals surface area contributed by atoms with E-state index in [4.69, 9.17) is 0 Å². The third-order valence-corrected chi connectivity index (χ3v) is 4.04. The molecule has 1 aliphatic rings. The standard InChI is InChI=1S/C16H20N2/c1-2-17-13-9-8-12(11-13)14-5-3-7-16-15(14)6-4-10-18-16/h3-7,10,12-13,17H,2,8-9,11H2,1H3. The fourth-order valence-electron chi connectivity index (χ4n) is 3.22. The SMILES string of the molecule is CCNC1CCC(c2cccc3ncccc23)C1. The van der Waals surface area contributed by atoms with E-state index in [1.54, 1.807) is 0 Å². The van der Waals surface area contributed by atoms with Crippen LogP contribution in [-0.2, 0) is 0 Å². The molecule has 2 heteroatoms. The first-order valence-corrected chi connectivity index (χ1v) is 6.95. The highest BCUT2D eigenvalue weighted by Gasteiger charge is 2.26. The summed E-state index contributed by atoms with van der Waals surface area (Å²) in [6.45, 7) is 3.27. The largest absolute Gasteiger partial charge is 0.314 e. The summed E-state index contributed by atoms with van der Waals surface area (Å²) in [4.78, 5) is 4.45. The Bertz CT molecular complexity index is 530. The summed E-state index contributed by atoms with van der Waals surface area (Å²) in [6.07, 6.45) is 5.74. The van der Waals surface area contributed by atoms with Gasteiger partial charge in [0.25, 0.3) is 0 Å². The zero-order valence-electron chi connectivity index (χ0n) is 10.9. The molecule has 1 aliphatic carbocycles. The quantitative estimate of drug-likeness (QED) is 0.888. The van der Waals surface area contributed by atoms with E-state index < -0.39 is 0 Å². The van der Waals surface area contributed by atoms with Crippen LogP contribution in [0.15, 0.2) is 36.5 Å². The van der Waals surface area contributed by atoms with Crippen LogP contribution in [0.25, 0.3) is 10.9 Å². The van der Waals surface area contributed by atoms with Crippen molar-refractivity contribution in [3.05, 3.63) is 42.1 Å². The molecule has 1 aromatic heterocycles. The molecule has 2 unspecified atom stereocenters. The number of aromatic nitrogens is 1. The first-order valence-electron chi connectivity index (χ1n) is 6.95. The van der Waals surface area contributed by atoms with Gasteiger partial charge in [0.2, 0.25) is 0 Å². The van der Waals surface area contributed by atoms with Crippen LogP contribution in [0.1, 0.15) is 37.7 Å². The average Bonchev–Trinajstić information content (AvgIpc) is 2.87. The number of nitrogens with one attached hydrogen (secondary N) is 1. The third-order valence-electron chi connectivity index (χ3n) is 4.04. The molecule has 2 nitrogen and oxygen atoms in total. The molecule has 0 bridgehead atoms. The van der Waals surface area contributed by atoms with Gasteiger partial charge in [-0.15, -0.1) is 0 Å². The molecular weight excluding hydrogens is 220 g/mol. The first-order chi connectivity index (χ1) is 8.88. The average molecular weight is 240 g/mol. The molecule has 0 aliphatic heterocycles. The van der Waals surface area contributed by atoms with Gasteiger partial charge in [0.05, 0.1) is 5.52 Å². The van der Waals surface area contributed by atoms with E-state index in [-0.39, 0.29) is 0 Å². The highest BCUT2D eigenvalue weighted by Crippen LogP contribution is 2.37. The fourth-order valence-corrected chi connectivity index (χ4v) is 3.22.